The van der Waals surface area contributed by atoms with Crippen molar-refractivity contribution in [2.75, 3.05) is 6.54 Å². The molecule has 0 radical (unpaired) electrons. The van der Waals surface area contributed by atoms with Crippen molar-refractivity contribution >= 4 is 17.2 Å². The SMILES string of the molecule is NC[C@H]1CCC[C@H]1C(=O)NCc1nc2c(s1)CCCC2. The number of fused-ring (bicyclic) bond motifs is 1. The van der Waals surface area contributed by atoms with Crippen LogP contribution in [0.15, 0.2) is 0 Å². The average Bonchev–Trinajstić information content (AvgIpc) is 3.10. The molecule has 1 fully saturated rings. The Hall–Kier alpha value is -0.940. The Labute approximate surface area is 124 Å². The van der Waals surface area contributed by atoms with Crippen LogP contribution in [0.25, 0.3) is 0 Å². The lowest BCUT2D eigenvalue weighted by Crippen LogP contribution is -2.34. The fraction of sp³-hybridized carbons (Fsp3) is 0.733. The zero-order valence-corrected chi connectivity index (χ0v) is 12.7. The van der Waals surface area contributed by atoms with Crippen LogP contribution in [0.1, 0.15) is 47.7 Å². The van der Waals surface area contributed by atoms with Crippen molar-refractivity contribution in [1.29, 1.82) is 0 Å². The molecule has 0 saturated heterocycles. The molecular formula is C15H23N3OS. The predicted molar refractivity (Wildman–Crippen MR) is 80.5 cm³/mol. The second-order valence-electron chi connectivity index (χ2n) is 5.94. The third-order valence-electron chi connectivity index (χ3n) is 4.60. The van der Waals surface area contributed by atoms with E-state index >= 15 is 0 Å². The molecule has 1 aromatic rings. The number of aryl methyl sites for hydroxylation is 2. The molecule has 1 aromatic heterocycles. The lowest BCUT2D eigenvalue weighted by Gasteiger charge is -2.16. The Morgan fingerprint density at radius 3 is 2.95 bits per heavy atom. The molecule has 2 atom stereocenters. The molecule has 2 aliphatic rings. The summed E-state index contributed by atoms with van der Waals surface area (Å²) in [5.74, 6) is 0.667. The molecule has 1 saturated carbocycles. The van der Waals surface area contributed by atoms with Gasteiger partial charge in [-0.2, -0.15) is 0 Å². The Balaban J connectivity index is 1.56. The van der Waals surface area contributed by atoms with Gasteiger partial charge < -0.3 is 11.1 Å². The van der Waals surface area contributed by atoms with E-state index in [1.807, 2.05) is 0 Å². The molecule has 110 valence electrons. The van der Waals surface area contributed by atoms with Crippen LogP contribution in [0.3, 0.4) is 0 Å². The zero-order chi connectivity index (χ0) is 13.9. The molecule has 20 heavy (non-hydrogen) atoms. The minimum Gasteiger partial charge on any atom is -0.349 e. The molecule has 1 amide bonds. The van der Waals surface area contributed by atoms with Crippen LogP contribution < -0.4 is 11.1 Å². The highest BCUT2D eigenvalue weighted by atomic mass is 32.1. The topological polar surface area (TPSA) is 68.0 Å². The summed E-state index contributed by atoms with van der Waals surface area (Å²) in [6.45, 7) is 1.22. The van der Waals surface area contributed by atoms with E-state index in [2.05, 4.69) is 10.3 Å². The molecule has 3 N–H and O–H groups in total. The molecule has 5 heteroatoms. The fourth-order valence-electron chi connectivity index (χ4n) is 3.44. The molecule has 0 aliphatic heterocycles. The van der Waals surface area contributed by atoms with Gasteiger partial charge in [0.2, 0.25) is 5.91 Å². The summed E-state index contributed by atoms with van der Waals surface area (Å²) in [7, 11) is 0. The number of hydrogen-bond acceptors (Lipinski definition) is 4. The van der Waals surface area contributed by atoms with E-state index in [1.165, 1.54) is 29.8 Å². The van der Waals surface area contributed by atoms with Crippen molar-refractivity contribution in [3.8, 4) is 0 Å². The Kier molecular flexibility index (Phi) is 4.36. The van der Waals surface area contributed by atoms with Gasteiger partial charge in [-0.25, -0.2) is 4.98 Å². The number of hydrogen-bond donors (Lipinski definition) is 2. The maximum absolute atomic E-state index is 12.2. The summed E-state index contributed by atoms with van der Waals surface area (Å²) >= 11 is 1.78. The zero-order valence-electron chi connectivity index (χ0n) is 11.9. The number of rotatable bonds is 4. The molecule has 3 rings (SSSR count). The van der Waals surface area contributed by atoms with Crippen molar-refractivity contribution in [3.05, 3.63) is 15.6 Å². The lowest BCUT2D eigenvalue weighted by molar-refractivity contribution is -0.126. The normalized spacial score (nSPS) is 25.4. The maximum atomic E-state index is 12.2. The summed E-state index contributed by atoms with van der Waals surface area (Å²) in [5, 5.41) is 4.13. The van der Waals surface area contributed by atoms with E-state index in [-0.39, 0.29) is 11.8 Å². The minimum atomic E-state index is 0.120. The van der Waals surface area contributed by atoms with Gasteiger partial charge in [0.25, 0.3) is 0 Å². The molecule has 2 aliphatic carbocycles. The van der Waals surface area contributed by atoms with Gasteiger partial charge in [0, 0.05) is 10.8 Å². The molecule has 0 spiro atoms. The number of aromatic nitrogens is 1. The largest absolute Gasteiger partial charge is 0.349 e. The van der Waals surface area contributed by atoms with Crippen LogP contribution in [-0.2, 0) is 24.2 Å². The van der Waals surface area contributed by atoms with Gasteiger partial charge >= 0.3 is 0 Å². The van der Waals surface area contributed by atoms with E-state index in [1.54, 1.807) is 11.3 Å². The monoisotopic (exact) mass is 293 g/mol. The third-order valence-corrected chi connectivity index (χ3v) is 5.76. The van der Waals surface area contributed by atoms with E-state index in [0.29, 0.717) is 19.0 Å². The molecule has 0 unspecified atom stereocenters. The second kappa shape index (κ2) is 6.22. The first-order valence-electron chi connectivity index (χ1n) is 7.73. The van der Waals surface area contributed by atoms with Crippen LogP contribution in [0, 0.1) is 11.8 Å². The fourth-order valence-corrected chi connectivity index (χ4v) is 4.54. The number of nitrogens with zero attached hydrogens (tertiary/aromatic N) is 1. The van der Waals surface area contributed by atoms with E-state index in [4.69, 9.17) is 5.73 Å². The van der Waals surface area contributed by atoms with Gasteiger partial charge in [0.1, 0.15) is 5.01 Å². The van der Waals surface area contributed by atoms with Gasteiger partial charge in [0.15, 0.2) is 0 Å². The van der Waals surface area contributed by atoms with Gasteiger partial charge in [-0.3, -0.25) is 4.79 Å². The van der Waals surface area contributed by atoms with Crippen molar-refractivity contribution in [3.63, 3.8) is 0 Å². The first-order valence-corrected chi connectivity index (χ1v) is 8.55. The molecule has 1 heterocycles. The lowest BCUT2D eigenvalue weighted by atomic mass is 9.95. The minimum absolute atomic E-state index is 0.120. The van der Waals surface area contributed by atoms with Crippen LogP contribution in [0.4, 0.5) is 0 Å². The van der Waals surface area contributed by atoms with Gasteiger partial charge in [-0.15, -0.1) is 11.3 Å². The van der Waals surface area contributed by atoms with E-state index < -0.39 is 0 Å². The third kappa shape index (κ3) is 2.88. The number of carbonyl (C=O) groups excluding carboxylic acids is 1. The average molecular weight is 293 g/mol. The van der Waals surface area contributed by atoms with Gasteiger partial charge in [0.05, 0.1) is 12.2 Å². The van der Waals surface area contributed by atoms with Gasteiger partial charge in [-0.05, 0) is 51.0 Å². The van der Waals surface area contributed by atoms with Crippen LogP contribution in [-0.4, -0.2) is 17.4 Å². The predicted octanol–water partition coefficient (Wildman–Crippen LogP) is 2.01. The molecule has 0 bridgehead atoms. The number of carbonyl (C=O) groups is 1. The summed E-state index contributed by atoms with van der Waals surface area (Å²) in [6, 6.07) is 0. The Bertz CT molecular complexity index is 462. The van der Waals surface area contributed by atoms with E-state index in [0.717, 1.165) is 30.7 Å². The second-order valence-corrected chi connectivity index (χ2v) is 7.10. The van der Waals surface area contributed by atoms with Gasteiger partial charge in [-0.1, -0.05) is 6.42 Å². The highest BCUT2D eigenvalue weighted by molar-refractivity contribution is 7.11. The van der Waals surface area contributed by atoms with Crippen molar-refractivity contribution in [1.82, 2.24) is 10.3 Å². The highest BCUT2D eigenvalue weighted by Gasteiger charge is 2.31. The summed E-state index contributed by atoms with van der Waals surface area (Å²) in [5.41, 5.74) is 7.01. The summed E-state index contributed by atoms with van der Waals surface area (Å²) in [6.07, 6.45) is 8.02. The van der Waals surface area contributed by atoms with Crippen LogP contribution >= 0.6 is 11.3 Å². The summed E-state index contributed by atoms with van der Waals surface area (Å²) in [4.78, 5) is 18.3. The quantitative estimate of drug-likeness (QED) is 0.892. The number of nitrogens with one attached hydrogen (secondary N) is 1. The molecule has 0 aromatic carbocycles. The van der Waals surface area contributed by atoms with Crippen molar-refractivity contribution in [2.45, 2.75) is 51.5 Å². The number of amides is 1. The number of nitrogens with two attached hydrogens (primary N) is 1. The standard InChI is InChI=1S/C15H23N3OS/c16-8-10-4-3-5-11(10)15(19)17-9-14-18-12-6-1-2-7-13(12)20-14/h10-11H,1-9,16H2,(H,17,19)/t10-,11-/m1/s1. The first-order chi connectivity index (χ1) is 9.78. The van der Waals surface area contributed by atoms with Crippen LogP contribution in [0.2, 0.25) is 0 Å². The molecular weight excluding hydrogens is 270 g/mol. The Morgan fingerprint density at radius 2 is 2.15 bits per heavy atom. The van der Waals surface area contributed by atoms with E-state index in [9.17, 15) is 4.79 Å². The molecule has 4 nitrogen and oxygen atoms in total. The smallest absolute Gasteiger partial charge is 0.223 e. The first kappa shape index (κ1) is 14.0. The Morgan fingerprint density at radius 1 is 1.30 bits per heavy atom. The van der Waals surface area contributed by atoms with Crippen molar-refractivity contribution in [2.24, 2.45) is 17.6 Å². The summed E-state index contributed by atoms with van der Waals surface area (Å²) < 4.78 is 0. The highest BCUT2D eigenvalue weighted by Crippen LogP contribution is 2.31. The maximum Gasteiger partial charge on any atom is 0.223 e. The number of thiazole rings is 1. The van der Waals surface area contributed by atoms with Crippen LogP contribution in [0.5, 0.6) is 0 Å². The van der Waals surface area contributed by atoms with Crippen molar-refractivity contribution < 1.29 is 4.79 Å².